The first-order valence-electron chi connectivity index (χ1n) is 7.92. The molecule has 2 rings (SSSR count). The van der Waals surface area contributed by atoms with Gasteiger partial charge in [-0.2, -0.15) is 5.10 Å². The van der Waals surface area contributed by atoms with Gasteiger partial charge in [0.05, 0.1) is 14.2 Å². The predicted octanol–water partition coefficient (Wildman–Crippen LogP) is 3.64. The fourth-order valence-electron chi connectivity index (χ4n) is 3.37. The predicted molar refractivity (Wildman–Crippen MR) is 91.2 cm³/mol. The van der Waals surface area contributed by atoms with Gasteiger partial charge in [-0.15, -0.1) is 0 Å². The van der Waals surface area contributed by atoms with E-state index in [1.807, 2.05) is 0 Å². The van der Waals surface area contributed by atoms with Crippen LogP contribution in [0.1, 0.15) is 50.4 Å². The molecule has 0 bridgehead atoms. The number of amides is 1. The van der Waals surface area contributed by atoms with Gasteiger partial charge in [-0.25, -0.2) is 5.43 Å². The second kappa shape index (κ2) is 7.02. The second-order valence-electron chi connectivity index (χ2n) is 7.04. The lowest BCUT2D eigenvalue weighted by molar-refractivity contribution is 0.0953. The van der Waals surface area contributed by atoms with E-state index in [1.165, 1.54) is 6.42 Å². The minimum atomic E-state index is -0.241. The Kier molecular flexibility index (Phi) is 5.29. The summed E-state index contributed by atoms with van der Waals surface area (Å²) in [5.41, 5.74) is 4.46. The van der Waals surface area contributed by atoms with Crippen molar-refractivity contribution in [2.24, 2.45) is 16.4 Å². The topological polar surface area (TPSA) is 59.9 Å². The first kappa shape index (κ1) is 17.3. The maximum absolute atomic E-state index is 12.3. The molecule has 1 aromatic rings. The highest BCUT2D eigenvalue weighted by Crippen LogP contribution is 2.36. The lowest BCUT2D eigenvalue weighted by atomic mass is 9.72. The van der Waals surface area contributed by atoms with Gasteiger partial charge >= 0.3 is 0 Å². The molecule has 1 aliphatic rings. The summed E-state index contributed by atoms with van der Waals surface area (Å²) in [6.07, 6.45) is 3.05. The van der Waals surface area contributed by atoms with Gasteiger partial charge in [0.2, 0.25) is 0 Å². The standard InChI is InChI=1S/C18H26N2O3/c1-12-8-14(11-18(2,3)10-12)19-20-17(21)13-6-7-15(22-4)16(9-13)23-5/h6-7,9,12H,8,10-11H2,1-5H3,(H,20,21)/b19-14+. The Labute approximate surface area is 138 Å². The lowest BCUT2D eigenvalue weighted by Crippen LogP contribution is -2.30. The van der Waals surface area contributed by atoms with Crippen molar-refractivity contribution in [3.63, 3.8) is 0 Å². The third-order valence-electron chi connectivity index (χ3n) is 4.13. The van der Waals surface area contributed by atoms with E-state index in [1.54, 1.807) is 32.4 Å². The highest BCUT2D eigenvalue weighted by atomic mass is 16.5. The summed E-state index contributed by atoms with van der Waals surface area (Å²) >= 11 is 0. The van der Waals surface area contributed by atoms with E-state index in [0.29, 0.717) is 23.0 Å². The molecule has 1 fully saturated rings. The fraction of sp³-hybridized carbons (Fsp3) is 0.556. The highest BCUT2D eigenvalue weighted by molar-refractivity contribution is 5.96. The molecule has 1 aromatic carbocycles. The smallest absolute Gasteiger partial charge is 0.271 e. The molecule has 23 heavy (non-hydrogen) atoms. The monoisotopic (exact) mass is 318 g/mol. The van der Waals surface area contributed by atoms with Crippen LogP contribution in [0.25, 0.3) is 0 Å². The third-order valence-corrected chi connectivity index (χ3v) is 4.13. The summed E-state index contributed by atoms with van der Waals surface area (Å²) in [7, 11) is 3.11. The molecule has 1 saturated carbocycles. The van der Waals surface area contributed by atoms with Crippen molar-refractivity contribution in [1.82, 2.24) is 5.43 Å². The lowest BCUT2D eigenvalue weighted by Gasteiger charge is -2.34. The Morgan fingerprint density at radius 2 is 1.96 bits per heavy atom. The molecule has 0 aliphatic heterocycles. The van der Waals surface area contributed by atoms with Crippen LogP contribution in [0.5, 0.6) is 11.5 Å². The van der Waals surface area contributed by atoms with Crippen LogP contribution >= 0.6 is 0 Å². The van der Waals surface area contributed by atoms with Crippen molar-refractivity contribution in [2.45, 2.75) is 40.0 Å². The van der Waals surface area contributed by atoms with Crippen molar-refractivity contribution in [3.05, 3.63) is 23.8 Å². The number of nitrogens with one attached hydrogen (secondary N) is 1. The zero-order valence-electron chi connectivity index (χ0n) is 14.6. The summed E-state index contributed by atoms with van der Waals surface area (Å²) in [5.74, 6) is 1.48. The number of hydrazone groups is 1. The minimum Gasteiger partial charge on any atom is -0.493 e. The Hall–Kier alpha value is -2.04. The van der Waals surface area contributed by atoms with E-state index in [0.717, 1.165) is 18.6 Å². The van der Waals surface area contributed by atoms with Crippen molar-refractivity contribution in [1.29, 1.82) is 0 Å². The number of carbonyl (C=O) groups is 1. The molecule has 0 aromatic heterocycles. The van der Waals surface area contributed by atoms with Crippen LogP contribution in [0.15, 0.2) is 23.3 Å². The molecule has 5 heteroatoms. The molecule has 5 nitrogen and oxygen atoms in total. The Bertz CT molecular complexity index is 608. The molecule has 1 atom stereocenters. The minimum absolute atomic E-state index is 0.241. The molecule has 0 saturated heterocycles. The number of rotatable bonds is 4. The maximum Gasteiger partial charge on any atom is 0.271 e. The summed E-state index contributed by atoms with van der Waals surface area (Å²) in [6, 6.07) is 5.07. The van der Waals surface area contributed by atoms with Crippen LogP contribution in [0.4, 0.5) is 0 Å². The van der Waals surface area contributed by atoms with E-state index < -0.39 is 0 Å². The van der Waals surface area contributed by atoms with Crippen molar-refractivity contribution >= 4 is 11.6 Å². The number of methoxy groups -OCH3 is 2. The van der Waals surface area contributed by atoms with Gasteiger partial charge in [-0.05, 0) is 48.8 Å². The quantitative estimate of drug-likeness (QED) is 0.862. The van der Waals surface area contributed by atoms with Gasteiger partial charge in [-0.1, -0.05) is 20.8 Å². The number of carbonyl (C=O) groups excluding carboxylic acids is 1. The molecule has 126 valence electrons. The number of hydrogen-bond acceptors (Lipinski definition) is 4. The highest BCUT2D eigenvalue weighted by Gasteiger charge is 2.29. The Morgan fingerprint density at radius 1 is 1.26 bits per heavy atom. The Balaban J connectivity index is 2.08. The van der Waals surface area contributed by atoms with Gasteiger partial charge in [-0.3, -0.25) is 4.79 Å². The third kappa shape index (κ3) is 4.47. The van der Waals surface area contributed by atoms with Gasteiger partial charge < -0.3 is 9.47 Å². The van der Waals surface area contributed by atoms with Gasteiger partial charge in [0.1, 0.15) is 0 Å². The van der Waals surface area contributed by atoms with E-state index in [9.17, 15) is 4.79 Å². The average molecular weight is 318 g/mol. The SMILES string of the molecule is COc1ccc(C(=O)N/N=C2\CC(C)CC(C)(C)C2)cc1OC. The Morgan fingerprint density at radius 3 is 2.57 bits per heavy atom. The first-order valence-corrected chi connectivity index (χ1v) is 7.92. The van der Waals surface area contributed by atoms with E-state index in [4.69, 9.17) is 9.47 Å². The summed E-state index contributed by atoms with van der Waals surface area (Å²) in [4.78, 5) is 12.3. The normalized spacial score (nSPS) is 21.8. The zero-order chi connectivity index (χ0) is 17.0. The number of ether oxygens (including phenoxy) is 2. The van der Waals surface area contributed by atoms with E-state index in [2.05, 4.69) is 31.3 Å². The van der Waals surface area contributed by atoms with Gasteiger partial charge in [0, 0.05) is 11.3 Å². The largest absolute Gasteiger partial charge is 0.493 e. The van der Waals surface area contributed by atoms with Crippen molar-refractivity contribution in [3.8, 4) is 11.5 Å². The molecule has 0 spiro atoms. The number of hydrogen-bond donors (Lipinski definition) is 1. The van der Waals surface area contributed by atoms with E-state index in [-0.39, 0.29) is 11.3 Å². The van der Waals surface area contributed by atoms with Crippen LogP contribution in [0.3, 0.4) is 0 Å². The summed E-state index contributed by atoms with van der Waals surface area (Å²) in [6.45, 7) is 6.72. The van der Waals surface area contributed by atoms with Crippen LogP contribution in [0, 0.1) is 11.3 Å². The maximum atomic E-state index is 12.3. The van der Waals surface area contributed by atoms with Crippen molar-refractivity contribution < 1.29 is 14.3 Å². The summed E-state index contributed by atoms with van der Waals surface area (Å²) in [5, 5.41) is 4.35. The van der Waals surface area contributed by atoms with Crippen LogP contribution in [0.2, 0.25) is 0 Å². The second-order valence-corrected chi connectivity index (χ2v) is 7.04. The molecule has 1 amide bonds. The molecule has 1 aliphatic carbocycles. The molecule has 1 unspecified atom stereocenters. The average Bonchev–Trinajstić information content (AvgIpc) is 2.50. The van der Waals surface area contributed by atoms with E-state index >= 15 is 0 Å². The van der Waals surface area contributed by atoms with Crippen molar-refractivity contribution in [2.75, 3.05) is 14.2 Å². The molecule has 0 radical (unpaired) electrons. The van der Waals surface area contributed by atoms with Gasteiger partial charge in [0.15, 0.2) is 11.5 Å². The number of benzene rings is 1. The van der Waals surface area contributed by atoms with Crippen LogP contribution in [-0.4, -0.2) is 25.8 Å². The molecular weight excluding hydrogens is 292 g/mol. The van der Waals surface area contributed by atoms with Gasteiger partial charge in [0.25, 0.3) is 5.91 Å². The summed E-state index contributed by atoms with van der Waals surface area (Å²) < 4.78 is 10.4. The molecule has 0 heterocycles. The first-order chi connectivity index (χ1) is 10.8. The van der Waals surface area contributed by atoms with Crippen LogP contribution < -0.4 is 14.9 Å². The molecular formula is C18H26N2O3. The zero-order valence-corrected chi connectivity index (χ0v) is 14.6. The molecule has 1 N–H and O–H groups in total. The number of nitrogens with zero attached hydrogens (tertiary/aromatic N) is 1. The fourth-order valence-corrected chi connectivity index (χ4v) is 3.37. The van der Waals surface area contributed by atoms with Crippen LogP contribution in [-0.2, 0) is 0 Å².